The lowest BCUT2D eigenvalue weighted by Gasteiger charge is -2.07. The molecule has 98 valence electrons. The van der Waals surface area contributed by atoms with E-state index in [4.69, 9.17) is 0 Å². The standard InChI is InChI=1S/C13H27NO.ClH/c1-11(2)8-6-5-7-9-13(15)14-10-12(3)4;/h11-12H,5-10H2,1-4H3,(H,14,15);1H. The lowest BCUT2D eigenvalue weighted by atomic mass is 10.0. The van der Waals surface area contributed by atoms with E-state index in [9.17, 15) is 4.79 Å². The second kappa shape index (κ2) is 11.3. The first-order valence-corrected chi connectivity index (χ1v) is 6.29. The normalized spacial score (nSPS) is 10.4. The van der Waals surface area contributed by atoms with Gasteiger partial charge in [-0.15, -0.1) is 12.4 Å². The number of rotatable bonds is 8. The molecule has 0 radical (unpaired) electrons. The van der Waals surface area contributed by atoms with Crippen molar-refractivity contribution in [3.05, 3.63) is 0 Å². The summed E-state index contributed by atoms with van der Waals surface area (Å²) in [5.41, 5.74) is 0. The first-order chi connectivity index (χ1) is 7.02. The van der Waals surface area contributed by atoms with Gasteiger partial charge in [-0.05, 0) is 18.3 Å². The fourth-order valence-electron chi connectivity index (χ4n) is 1.42. The quantitative estimate of drug-likeness (QED) is 0.652. The highest BCUT2D eigenvalue weighted by Crippen LogP contribution is 2.09. The summed E-state index contributed by atoms with van der Waals surface area (Å²) in [6.07, 6.45) is 5.47. The topological polar surface area (TPSA) is 29.1 Å². The zero-order chi connectivity index (χ0) is 11.7. The predicted molar refractivity (Wildman–Crippen MR) is 73.0 cm³/mol. The number of halogens is 1. The summed E-state index contributed by atoms with van der Waals surface area (Å²) in [4.78, 5) is 11.3. The predicted octanol–water partition coefficient (Wildman–Crippen LogP) is 3.79. The molecule has 0 aromatic carbocycles. The summed E-state index contributed by atoms with van der Waals surface area (Å²) < 4.78 is 0. The molecule has 0 saturated carbocycles. The summed E-state index contributed by atoms with van der Waals surface area (Å²) in [6.45, 7) is 9.53. The third-order valence-corrected chi connectivity index (χ3v) is 2.39. The second-order valence-electron chi connectivity index (χ2n) is 5.19. The van der Waals surface area contributed by atoms with E-state index in [1.807, 2.05) is 0 Å². The SMILES string of the molecule is CC(C)CCCCCC(=O)NCC(C)C.Cl. The van der Waals surface area contributed by atoms with E-state index in [2.05, 4.69) is 33.0 Å². The van der Waals surface area contributed by atoms with E-state index in [1.54, 1.807) is 0 Å². The molecule has 0 aliphatic heterocycles. The molecule has 0 atom stereocenters. The van der Waals surface area contributed by atoms with Crippen LogP contribution in [0.15, 0.2) is 0 Å². The molecule has 0 spiro atoms. The smallest absolute Gasteiger partial charge is 0.220 e. The van der Waals surface area contributed by atoms with E-state index in [-0.39, 0.29) is 18.3 Å². The number of carbonyl (C=O) groups is 1. The number of hydrogen-bond acceptors (Lipinski definition) is 1. The van der Waals surface area contributed by atoms with Gasteiger partial charge in [-0.1, -0.05) is 47.0 Å². The van der Waals surface area contributed by atoms with Gasteiger partial charge >= 0.3 is 0 Å². The maximum absolute atomic E-state index is 11.3. The van der Waals surface area contributed by atoms with Crippen molar-refractivity contribution in [2.45, 2.75) is 59.8 Å². The Labute approximate surface area is 107 Å². The third-order valence-electron chi connectivity index (χ3n) is 2.39. The van der Waals surface area contributed by atoms with Crippen LogP contribution in [0.1, 0.15) is 59.8 Å². The van der Waals surface area contributed by atoms with Gasteiger partial charge in [0.1, 0.15) is 0 Å². The van der Waals surface area contributed by atoms with E-state index in [1.165, 1.54) is 19.3 Å². The van der Waals surface area contributed by atoms with Crippen LogP contribution < -0.4 is 5.32 Å². The van der Waals surface area contributed by atoms with Gasteiger partial charge in [0.2, 0.25) is 5.91 Å². The van der Waals surface area contributed by atoms with E-state index in [0.29, 0.717) is 12.3 Å². The maximum Gasteiger partial charge on any atom is 0.220 e. The molecule has 0 fully saturated rings. The molecule has 2 nitrogen and oxygen atoms in total. The van der Waals surface area contributed by atoms with Crippen LogP contribution in [-0.2, 0) is 4.79 Å². The van der Waals surface area contributed by atoms with E-state index < -0.39 is 0 Å². The Morgan fingerprint density at radius 2 is 1.62 bits per heavy atom. The van der Waals surface area contributed by atoms with Crippen LogP contribution in [-0.4, -0.2) is 12.5 Å². The molecule has 3 heteroatoms. The largest absolute Gasteiger partial charge is 0.356 e. The molecule has 1 amide bonds. The lowest BCUT2D eigenvalue weighted by Crippen LogP contribution is -2.26. The Kier molecular flexibility index (Phi) is 12.8. The molecule has 16 heavy (non-hydrogen) atoms. The highest BCUT2D eigenvalue weighted by molar-refractivity contribution is 5.85. The number of hydrogen-bond donors (Lipinski definition) is 1. The van der Waals surface area contributed by atoms with Crippen molar-refractivity contribution in [3.8, 4) is 0 Å². The molecular weight excluding hydrogens is 222 g/mol. The van der Waals surface area contributed by atoms with E-state index in [0.717, 1.165) is 18.9 Å². The maximum atomic E-state index is 11.3. The Bertz CT molecular complexity index is 169. The van der Waals surface area contributed by atoms with Crippen molar-refractivity contribution in [3.63, 3.8) is 0 Å². The second-order valence-corrected chi connectivity index (χ2v) is 5.19. The van der Waals surface area contributed by atoms with Crippen molar-refractivity contribution in [2.75, 3.05) is 6.54 Å². The molecular formula is C13H28ClNO. The van der Waals surface area contributed by atoms with Crippen LogP contribution in [0.4, 0.5) is 0 Å². The van der Waals surface area contributed by atoms with Crippen LogP contribution in [0.5, 0.6) is 0 Å². The number of carbonyl (C=O) groups excluding carboxylic acids is 1. The van der Waals surface area contributed by atoms with Crippen LogP contribution in [0, 0.1) is 11.8 Å². The van der Waals surface area contributed by atoms with Gasteiger partial charge in [0.05, 0.1) is 0 Å². The first kappa shape index (κ1) is 18.1. The first-order valence-electron chi connectivity index (χ1n) is 6.29. The summed E-state index contributed by atoms with van der Waals surface area (Å²) in [5.74, 6) is 1.56. The number of unbranched alkanes of at least 4 members (excludes halogenated alkanes) is 2. The van der Waals surface area contributed by atoms with Crippen molar-refractivity contribution in [2.24, 2.45) is 11.8 Å². The number of nitrogens with one attached hydrogen (secondary N) is 1. The van der Waals surface area contributed by atoms with Crippen molar-refractivity contribution in [1.82, 2.24) is 5.32 Å². The minimum absolute atomic E-state index is 0. The lowest BCUT2D eigenvalue weighted by molar-refractivity contribution is -0.121. The third kappa shape index (κ3) is 13.8. The van der Waals surface area contributed by atoms with Gasteiger partial charge in [0, 0.05) is 13.0 Å². The summed E-state index contributed by atoms with van der Waals surface area (Å²) in [7, 11) is 0. The van der Waals surface area contributed by atoms with Gasteiger partial charge in [-0.3, -0.25) is 4.79 Å². The summed E-state index contributed by atoms with van der Waals surface area (Å²) in [6, 6.07) is 0. The van der Waals surface area contributed by atoms with Crippen LogP contribution in [0.3, 0.4) is 0 Å². The monoisotopic (exact) mass is 249 g/mol. The molecule has 0 aliphatic rings. The number of amides is 1. The van der Waals surface area contributed by atoms with Crippen molar-refractivity contribution < 1.29 is 4.79 Å². The van der Waals surface area contributed by atoms with Gasteiger partial charge in [-0.2, -0.15) is 0 Å². The van der Waals surface area contributed by atoms with Crippen LogP contribution in [0.25, 0.3) is 0 Å². The highest BCUT2D eigenvalue weighted by Gasteiger charge is 2.02. The minimum atomic E-state index is 0. The zero-order valence-corrected chi connectivity index (χ0v) is 12.0. The highest BCUT2D eigenvalue weighted by atomic mass is 35.5. The molecule has 0 unspecified atom stereocenters. The van der Waals surface area contributed by atoms with Crippen molar-refractivity contribution in [1.29, 1.82) is 0 Å². The molecule has 0 rings (SSSR count). The van der Waals surface area contributed by atoms with Gasteiger partial charge in [0.25, 0.3) is 0 Å². The molecule has 0 aliphatic carbocycles. The zero-order valence-electron chi connectivity index (χ0n) is 11.2. The van der Waals surface area contributed by atoms with Crippen LogP contribution in [0.2, 0.25) is 0 Å². The molecule has 1 N–H and O–H groups in total. The minimum Gasteiger partial charge on any atom is -0.356 e. The molecule has 0 saturated heterocycles. The molecule has 0 bridgehead atoms. The molecule has 0 aromatic heterocycles. The van der Waals surface area contributed by atoms with Crippen molar-refractivity contribution >= 4 is 18.3 Å². The average molecular weight is 250 g/mol. The van der Waals surface area contributed by atoms with Gasteiger partial charge in [-0.25, -0.2) is 0 Å². The van der Waals surface area contributed by atoms with E-state index >= 15 is 0 Å². The average Bonchev–Trinajstić information content (AvgIpc) is 2.13. The fraction of sp³-hybridized carbons (Fsp3) is 0.923. The Morgan fingerprint density at radius 1 is 1.00 bits per heavy atom. The Morgan fingerprint density at radius 3 is 2.12 bits per heavy atom. The molecule has 0 heterocycles. The fourth-order valence-corrected chi connectivity index (χ4v) is 1.42. The molecule has 0 aromatic rings. The van der Waals surface area contributed by atoms with Gasteiger partial charge < -0.3 is 5.32 Å². The summed E-state index contributed by atoms with van der Waals surface area (Å²) in [5, 5.41) is 2.94. The summed E-state index contributed by atoms with van der Waals surface area (Å²) >= 11 is 0. The van der Waals surface area contributed by atoms with Crippen LogP contribution >= 0.6 is 12.4 Å². The Balaban J connectivity index is 0. The van der Waals surface area contributed by atoms with Gasteiger partial charge in [0.15, 0.2) is 0 Å². The Hall–Kier alpha value is -0.240.